The van der Waals surface area contributed by atoms with Crippen molar-refractivity contribution < 1.29 is 8.85 Å². The van der Waals surface area contributed by atoms with Crippen molar-refractivity contribution in [2.75, 3.05) is 7.11 Å². The SMILES string of the molecule is CO[Si](OCc1ccccc1)(c1ccccc1)c1ccccc1. The predicted molar refractivity (Wildman–Crippen MR) is 96.1 cm³/mol. The van der Waals surface area contributed by atoms with Crippen molar-refractivity contribution in [2.45, 2.75) is 6.61 Å². The third-order valence-electron chi connectivity index (χ3n) is 3.88. The molecule has 3 rings (SSSR count). The Bertz CT molecular complexity index is 675. The van der Waals surface area contributed by atoms with Gasteiger partial charge >= 0.3 is 8.56 Å². The molecule has 0 aliphatic heterocycles. The van der Waals surface area contributed by atoms with E-state index in [0.29, 0.717) is 6.61 Å². The molecule has 3 aromatic carbocycles. The smallest absolute Gasteiger partial charge is 0.391 e. The van der Waals surface area contributed by atoms with Crippen LogP contribution in [0.2, 0.25) is 0 Å². The van der Waals surface area contributed by atoms with E-state index in [1.807, 2.05) is 54.6 Å². The Morgan fingerprint density at radius 1 is 0.652 bits per heavy atom. The highest BCUT2D eigenvalue weighted by atomic mass is 28.4. The molecule has 0 aromatic heterocycles. The van der Waals surface area contributed by atoms with E-state index in [1.54, 1.807) is 7.11 Å². The second-order valence-electron chi connectivity index (χ2n) is 5.33. The lowest BCUT2D eigenvalue weighted by Crippen LogP contribution is -2.62. The van der Waals surface area contributed by atoms with Gasteiger partial charge in [0.1, 0.15) is 0 Å². The number of benzene rings is 3. The summed E-state index contributed by atoms with van der Waals surface area (Å²) in [4.78, 5) is 0. The van der Waals surface area contributed by atoms with Crippen LogP contribution in [0.15, 0.2) is 91.0 Å². The molecule has 0 atom stereocenters. The second-order valence-corrected chi connectivity index (χ2v) is 8.41. The first-order valence-corrected chi connectivity index (χ1v) is 9.51. The van der Waals surface area contributed by atoms with Crippen LogP contribution in [0.5, 0.6) is 0 Å². The van der Waals surface area contributed by atoms with Crippen molar-refractivity contribution in [3.05, 3.63) is 96.6 Å². The molecular formula is C20H20O2Si. The number of hydrogen-bond acceptors (Lipinski definition) is 2. The maximum atomic E-state index is 6.45. The second kappa shape index (κ2) is 7.37. The Balaban J connectivity index is 1.99. The van der Waals surface area contributed by atoms with Gasteiger partial charge in [0.15, 0.2) is 0 Å². The predicted octanol–water partition coefficient (Wildman–Crippen LogP) is 3.11. The number of hydrogen-bond donors (Lipinski definition) is 0. The van der Waals surface area contributed by atoms with Crippen molar-refractivity contribution in [2.24, 2.45) is 0 Å². The average Bonchev–Trinajstić information content (AvgIpc) is 2.65. The van der Waals surface area contributed by atoms with Crippen LogP contribution in [-0.2, 0) is 15.5 Å². The molecule has 0 saturated carbocycles. The van der Waals surface area contributed by atoms with Gasteiger partial charge in [-0.1, -0.05) is 91.0 Å². The minimum atomic E-state index is -2.70. The van der Waals surface area contributed by atoms with Gasteiger partial charge in [-0.2, -0.15) is 0 Å². The molecule has 23 heavy (non-hydrogen) atoms. The Kier molecular flexibility index (Phi) is 5.03. The largest absolute Gasteiger partial charge is 0.407 e. The first-order valence-electron chi connectivity index (χ1n) is 7.69. The first-order chi connectivity index (χ1) is 11.3. The summed E-state index contributed by atoms with van der Waals surface area (Å²) in [5, 5.41) is 2.23. The van der Waals surface area contributed by atoms with Crippen LogP contribution < -0.4 is 10.4 Å². The molecule has 2 nitrogen and oxygen atoms in total. The molecule has 0 bridgehead atoms. The van der Waals surface area contributed by atoms with Crippen LogP contribution in [-0.4, -0.2) is 15.7 Å². The third-order valence-corrected chi connectivity index (χ3v) is 7.19. The summed E-state index contributed by atoms with van der Waals surface area (Å²) in [7, 11) is -0.957. The number of rotatable bonds is 6. The van der Waals surface area contributed by atoms with Crippen molar-refractivity contribution in [3.63, 3.8) is 0 Å². The molecule has 0 radical (unpaired) electrons. The molecule has 0 saturated heterocycles. The standard InChI is InChI=1S/C20H20O2Si/c1-21-23(19-13-7-3-8-14-19,20-15-9-4-10-16-20)22-17-18-11-5-2-6-12-18/h2-16H,17H2,1H3. The molecule has 0 unspecified atom stereocenters. The van der Waals surface area contributed by atoms with Crippen LogP contribution in [0.3, 0.4) is 0 Å². The van der Waals surface area contributed by atoms with Gasteiger partial charge in [-0.05, 0) is 15.9 Å². The molecule has 116 valence electrons. The van der Waals surface area contributed by atoms with Crippen molar-refractivity contribution >= 4 is 18.9 Å². The normalized spacial score (nSPS) is 11.3. The van der Waals surface area contributed by atoms with E-state index in [-0.39, 0.29) is 0 Å². The summed E-state index contributed by atoms with van der Waals surface area (Å²) in [6.07, 6.45) is 0. The Morgan fingerprint density at radius 3 is 1.52 bits per heavy atom. The topological polar surface area (TPSA) is 18.5 Å². The molecule has 3 aromatic rings. The van der Waals surface area contributed by atoms with Gasteiger partial charge in [0, 0.05) is 7.11 Å². The van der Waals surface area contributed by atoms with E-state index in [1.165, 1.54) is 0 Å². The van der Waals surface area contributed by atoms with Gasteiger partial charge in [0.2, 0.25) is 0 Å². The van der Waals surface area contributed by atoms with E-state index in [0.717, 1.165) is 15.9 Å². The van der Waals surface area contributed by atoms with Crippen molar-refractivity contribution in [1.82, 2.24) is 0 Å². The third kappa shape index (κ3) is 3.42. The highest BCUT2D eigenvalue weighted by Crippen LogP contribution is 2.12. The van der Waals surface area contributed by atoms with Gasteiger partial charge in [0.05, 0.1) is 6.61 Å². The van der Waals surface area contributed by atoms with Gasteiger partial charge in [-0.15, -0.1) is 0 Å². The Hall–Kier alpha value is -2.20. The van der Waals surface area contributed by atoms with Crippen LogP contribution in [0.1, 0.15) is 5.56 Å². The van der Waals surface area contributed by atoms with Crippen LogP contribution >= 0.6 is 0 Å². The lowest BCUT2D eigenvalue weighted by atomic mass is 10.2. The fourth-order valence-corrected chi connectivity index (χ4v) is 5.59. The monoisotopic (exact) mass is 320 g/mol. The van der Waals surface area contributed by atoms with E-state index >= 15 is 0 Å². The summed E-state index contributed by atoms with van der Waals surface area (Å²) >= 11 is 0. The Morgan fingerprint density at radius 2 is 1.09 bits per heavy atom. The molecule has 0 aliphatic rings. The summed E-state index contributed by atoms with van der Waals surface area (Å²) in [6, 6.07) is 30.7. The minimum absolute atomic E-state index is 0.532. The van der Waals surface area contributed by atoms with Gasteiger partial charge in [-0.3, -0.25) is 0 Å². The lowest BCUT2D eigenvalue weighted by Gasteiger charge is -2.30. The van der Waals surface area contributed by atoms with Crippen molar-refractivity contribution in [3.8, 4) is 0 Å². The first kappa shape index (κ1) is 15.7. The summed E-state index contributed by atoms with van der Waals surface area (Å²) < 4.78 is 12.5. The van der Waals surface area contributed by atoms with E-state index in [4.69, 9.17) is 8.85 Å². The molecule has 0 heterocycles. The summed E-state index contributed by atoms with van der Waals surface area (Å²) in [6.45, 7) is 0.532. The summed E-state index contributed by atoms with van der Waals surface area (Å²) in [5.41, 5.74) is 1.15. The molecule has 0 aliphatic carbocycles. The van der Waals surface area contributed by atoms with E-state index < -0.39 is 8.56 Å². The molecule has 0 spiro atoms. The van der Waals surface area contributed by atoms with Crippen LogP contribution in [0.4, 0.5) is 0 Å². The highest BCUT2D eigenvalue weighted by Gasteiger charge is 2.41. The van der Waals surface area contributed by atoms with E-state index in [9.17, 15) is 0 Å². The zero-order valence-electron chi connectivity index (χ0n) is 13.2. The quantitative estimate of drug-likeness (QED) is 0.650. The fraction of sp³-hybridized carbons (Fsp3) is 0.100. The van der Waals surface area contributed by atoms with Gasteiger partial charge < -0.3 is 8.85 Å². The lowest BCUT2D eigenvalue weighted by molar-refractivity contribution is 0.215. The average molecular weight is 320 g/mol. The Labute approximate surface area is 138 Å². The fourth-order valence-electron chi connectivity index (χ4n) is 2.70. The molecule has 0 N–H and O–H groups in total. The minimum Gasteiger partial charge on any atom is -0.391 e. The molecular weight excluding hydrogens is 300 g/mol. The van der Waals surface area contributed by atoms with Gasteiger partial charge in [-0.25, -0.2) is 0 Å². The van der Waals surface area contributed by atoms with Crippen LogP contribution in [0, 0.1) is 0 Å². The molecule has 3 heteroatoms. The zero-order valence-corrected chi connectivity index (χ0v) is 14.2. The zero-order chi connectivity index (χ0) is 16.0. The maximum Gasteiger partial charge on any atom is 0.407 e. The molecule has 0 fully saturated rings. The summed E-state index contributed by atoms with van der Waals surface area (Å²) in [5.74, 6) is 0. The van der Waals surface area contributed by atoms with Crippen LogP contribution in [0.25, 0.3) is 0 Å². The van der Waals surface area contributed by atoms with Gasteiger partial charge in [0.25, 0.3) is 0 Å². The molecule has 0 amide bonds. The van der Waals surface area contributed by atoms with E-state index in [2.05, 4.69) is 36.4 Å². The highest BCUT2D eigenvalue weighted by molar-refractivity contribution is 6.92. The maximum absolute atomic E-state index is 6.45. The van der Waals surface area contributed by atoms with Crippen molar-refractivity contribution in [1.29, 1.82) is 0 Å².